The molecule has 1 aromatic heterocycles. The highest BCUT2D eigenvalue weighted by molar-refractivity contribution is 6.09. The fraction of sp³-hybridized carbons (Fsp3) is 0.238. The van der Waals surface area contributed by atoms with Crippen LogP contribution in [0, 0.1) is 0 Å². The minimum Gasteiger partial charge on any atom is -0.508 e. The van der Waals surface area contributed by atoms with Gasteiger partial charge in [-0.25, -0.2) is 0 Å². The lowest BCUT2D eigenvalue weighted by Gasteiger charge is -2.15. The van der Waals surface area contributed by atoms with E-state index in [0.717, 1.165) is 19.3 Å². The van der Waals surface area contributed by atoms with E-state index in [4.69, 9.17) is 0 Å². The zero-order chi connectivity index (χ0) is 19.4. The number of fused-ring (bicyclic) bond motifs is 1. The van der Waals surface area contributed by atoms with Gasteiger partial charge in [-0.1, -0.05) is 31.9 Å². The number of benzene rings is 2. The molecular formula is C21H22N2O4. The van der Waals surface area contributed by atoms with Crippen molar-refractivity contribution < 1.29 is 15.0 Å². The Labute approximate surface area is 156 Å². The van der Waals surface area contributed by atoms with E-state index < -0.39 is 11.5 Å². The van der Waals surface area contributed by atoms with Crippen molar-refractivity contribution in [3.63, 3.8) is 0 Å². The third-order valence-corrected chi connectivity index (χ3v) is 4.48. The molecule has 0 bridgehead atoms. The minimum absolute atomic E-state index is 0.0693. The summed E-state index contributed by atoms with van der Waals surface area (Å²) < 4.78 is 1.55. The lowest BCUT2D eigenvalue weighted by atomic mass is 10.1. The molecule has 3 aromatic rings. The van der Waals surface area contributed by atoms with Gasteiger partial charge in [-0.05, 0) is 42.8 Å². The Kier molecular flexibility index (Phi) is 5.45. The van der Waals surface area contributed by atoms with Crippen LogP contribution in [0.4, 0.5) is 5.69 Å². The fourth-order valence-corrected chi connectivity index (χ4v) is 3.07. The first kappa shape index (κ1) is 18.5. The molecule has 27 heavy (non-hydrogen) atoms. The van der Waals surface area contributed by atoms with Gasteiger partial charge in [0.2, 0.25) is 0 Å². The number of carbonyl (C=O) groups is 1. The number of nitrogens with one attached hydrogen (secondary N) is 1. The van der Waals surface area contributed by atoms with Gasteiger partial charge in [-0.15, -0.1) is 0 Å². The highest BCUT2D eigenvalue weighted by atomic mass is 16.3. The van der Waals surface area contributed by atoms with E-state index in [9.17, 15) is 19.8 Å². The summed E-state index contributed by atoms with van der Waals surface area (Å²) in [7, 11) is 0. The third-order valence-electron chi connectivity index (χ3n) is 4.48. The van der Waals surface area contributed by atoms with Crippen molar-refractivity contribution in [2.75, 3.05) is 5.32 Å². The Morgan fingerprint density at radius 3 is 2.44 bits per heavy atom. The van der Waals surface area contributed by atoms with Crippen LogP contribution in [0.3, 0.4) is 0 Å². The Morgan fingerprint density at radius 2 is 1.74 bits per heavy atom. The van der Waals surface area contributed by atoms with Crippen molar-refractivity contribution in [2.45, 2.75) is 32.7 Å². The van der Waals surface area contributed by atoms with E-state index in [-0.39, 0.29) is 17.1 Å². The van der Waals surface area contributed by atoms with Crippen LogP contribution in [0.15, 0.2) is 53.3 Å². The van der Waals surface area contributed by atoms with Gasteiger partial charge in [0, 0.05) is 17.6 Å². The third kappa shape index (κ3) is 3.79. The Hall–Kier alpha value is -3.28. The Morgan fingerprint density at radius 1 is 1.04 bits per heavy atom. The van der Waals surface area contributed by atoms with Crippen LogP contribution in [0.5, 0.6) is 11.5 Å². The second-order valence-corrected chi connectivity index (χ2v) is 6.41. The van der Waals surface area contributed by atoms with Crippen LogP contribution in [0.2, 0.25) is 0 Å². The first-order valence-corrected chi connectivity index (χ1v) is 8.97. The number of pyridine rings is 1. The molecule has 2 aromatic carbocycles. The molecule has 0 aliphatic rings. The Balaban J connectivity index is 2.07. The number of nitrogens with zero attached hydrogens (tertiary/aromatic N) is 1. The predicted octanol–water partition coefficient (Wildman–Crippen LogP) is 3.86. The number of carbonyl (C=O) groups excluding carboxylic acids is 1. The van der Waals surface area contributed by atoms with Crippen LogP contribution in [0.25, 0.3) is 10.9 Å². The van der Waals surface area contributed by atoms with Crippen LogP contribution in [0.1, 0.15) is 36.5 Å². The zero-order valence-electron chi connectivity index (χ0n) is 15.1. The summed E-state index contributed by atoms with van der Waals surface area (Å²) >= 11 is 0. The van der Waals surface area contributed by atoms with Gasteiger partial charge in [0.05, 0.1) is 5.52 Å². The molecule has 0 atom stereocenters. The molecule has 0 unspecified atom stereocenters. The number of aryl methyl sites for hydroxylation is 1. The SMILES string of the molecule is CCCCCn1c(=O)c(C(=O)Nc2ccc(O)cc2)c(O)c2ccccc21. The summed E-state index contributed by atoms with van der Waals surface area (Å²) in [6.07, 6.45) is 2.79. The standard InChI is InChI=1S/C21H22N2O4/c1-2-3-6-13-23-17-8-5-4-7-16(17)19(25)18(21(23)27)20(26)22-14-9-11-15(24)12-10-14/h4-5,7-12,24-25H,2-3,6,13H2,1H3,(H,22,26). The van der Waals surface area contributed by atoms with Gasteiger partial charge in [-0.2, -0.15) is 0 Å². The predicted molar refractivity (Wildman–Crippen MR) is 105 cm³/mol. The highest BCUT2D eigenvalue weighted by Gasteiger charge is 2.22. The maximum atomic E-state index is 13.0. The summed E-state index contributed by atoms with van der Waals surface area (Å²) in [4.78, 5) is 25.7. The number of anilines is 1. The van der Waals surface area contributed by atoms with Crippen LogP contribution in [-0.2, 0) is 6.54 Å². The Bertz CT molecular complexity index is 1020. The summed E-state index contributed by atoms with van der Waals surface area (Å²) in [6.45, 7) is 2.56. The second-order valence-electron chi connectivity index (χ2n) is 6.41. The lowest BCUT2D eigenvalue weighted by molar-refractivity contribution is 0.102. The number of hydrogen-bond donors (Lipinski definition) is 3. The summed E-state index contributed by atoms with van der Waals surface area (Å²) in [6, 6.07) is 12.9. The minimum atomic E-state index is -0.682. The average Bonchev–Trinajstić information content (AvgIpc) is 2.66. The van der Waals surface area contributed by atoms with Gasteiger partial charge in [0.1, 0.15) is 17.1 Å². The normalized spacial score (nSPS) is 10.9. The molecular weight excluding hydrogens is 344 g/mol. The monoisotopic (exact) mass is 366 g/mol. The molecule has 6 nitrogen and oxygen atoms in total. The zero-order valence-corrected chi connectivity index (χ0v) is 15.1. The molecule has 1 heterocycles. The van der Waals surface area contributed by atoms with E-state index >= 15 is 0 Å². The number of aromatic hydroxyl groups is 2. The van der Waals surface area contributed by atoms with Crippen molar-refractivity contribution in [3.05, 3.63) is 64.4 Å². The van der Waals surface area contributed by atoms with Crippen LogP contribution < -0.4 is 10.9 Å². The van der Waals surface area contributed by atoms with Crippen molar-refractivity contribution in [2.24, 2.45) is 0 Å². The topological polar surface area (TPSA) is 91.6 Å². The number of phenols is 1. The van der Waals surface area contributed by atoms with Gasteiger partial charge in [0.25, 0.3) is 11.5 Å². The van der Waals surface area contributed by atoms with Crippen molar-refractivity contribution in [1.29, 1.82) is 0 Å². The van der Waals surface area contributed by atoms with Gasteiger partial charge < -0.3 is 20.1 Å². The number of rotatable bonds is 6. The largest absolute Gasteiger partial charge is 0.508 e. The molecule has 0 saturated heterocycles. The maximum Gasteiger partial charge on any atom is 0.267 e. The number of para-hydroxylation sites is 1. The average molecular weight is 366 g/mol. The number of hydrogen-bond acceptors (Lipinski definition) is 4. The molecule has 3 rings (SSSR count). The van der Waals surface area contributed by atoms with E-state index in [2.05, 4.69) is 12.2 Å². The van der Waals surface area contributed by atoms with E-state index in [1.54, 1.807) is 28.8 Å². The van der Waals surface area contributed by atoms with Crippen LogP contribution >= 0.6 is 0 Å². The molecule has 3 N–H and O–H groups in total. The number of aromatic nitrogens is 1. The summed E-state index contributed by atoms with van der Waals surface area (Å²) in [5, 5.41) is 23.0. The molecule has 0 fully saturated rings. The molecule has 6 heteroatoms. The number of unbranched alkanes of at least 4 members (excludes halogenated alkanes) is 2. The highest BCUT2D eigenvalue weighted by Crippen LogP contribution is 2.27. The van der Waals surface area contributed by atoms with E-state index in [1.165, 1.54) is 24.3 Å². The quantitative estimate of drug-likeness (QED) is 0.456. The first-order valence-electron chi connectivity index (χ1n) is 8.97. The van der Waals surface area contributed by atoms with Crippen molar-refractivity contribution >= 4 is 22.5 Å². The van der Waals surface area contributed by atoms with Gasteiger partial charge >= 0.3 is 0 Å². The second kappa shape index (κ2) is 7.95. The molecule has 140 valence electrons. The van der Waals surface area contributed by atoms with Crippen molar-refractivity contribution in [1.82, 2.24) is 4.57 Å². The summed E-state index contributed by atoms with van der Waals surface area (Å²) in [5.74, 6) is -0.934. The lowest BCUT2D eigenvalue weighted by Crippen LogP contribution is -2.30. The van der Waals surface area contributed by atoms with Gasteiger partial charge in [0.15, 0.2) is 0 Å². The van der Waals surface area contributed by atoms with Gasteiger partial charge in [-0.3, -0.25) is 9.59 Å². The molecule has 0 aliphatic heterocycles. The molecule has 0 spiro atoms. The first-order chi connectivity index (χ1) is 13.0. The molecule has 0 saturated carbocycles. The fourth-order valence-electron chi connectivity index (χ4n) is 3.07. The van der Waals surface area contributed by atoms with Crippen LogP contribution in [-0.4, -0.2) is 20.7 Å². The maximum absolute atomic E-state index is 13.0. The smallest absolute Gasteiger partial charge is 0.267 e. The van der Waals surface area contributed by atoms with E-state index in [0.29, 0.717) is 23.1 Å². The van der Waals surface area contributed by atoms with Crippen molar-refractivity contribution in [3.8, 4) is 11.5 Å². The number of phenolic OH excluding ortho intramolecular Hbond substituents is 1. The number of amides is 1. The molecule has 0 aliphatic carbocycles. The molecule has 1 amide bonds. The summed E-state index contributed by atoms with van der Waals surface area (Å²) in [5.41, 5.74) is 0.233. The van der Waals surface area contributed by atoms with E-state index in [1.807, 2.05) is 0 Å². The molecule has 0 radical (unpaired) electrons.